The van der Waals surface area contributed by atoms with E-state index in [1.54, 1.807) is 62.4 Å². The van der Waals surface area contributed by atoms with Crippen LogP contribution in [0, 0.1) is 11.3 Å². The van der Waals surface area contributed by atoms with Crippen molar-refractivity contribution in [1.29, 1.82) is 5.41 Å². The van der Waals surface area contributed by atoms with Crippen LogP contribution in [0.4, 0.5) is 4.79 Å². The van der Waals surface area contributed by atoms with Gasteiger partial charge in [-0.25, -0.2) is 4.79 Å². The summed E-state index contributed by atoms with van der Waals surface area (Å²) in [6.07, 6.45) is 0.213. The van der Waals surface area contributed by atoms with Crippen molar-refractivity contribution in [2.24, 2.45) is 44.6 Å². The molecule has 17 heteroatoms. The van der Waals surface area contributed by atoms with Crippen LogP contribution < -0.4 is 49.9 Å². The summed E-state index contributed by atoms with van der Waals surface area (Å²) in [6, 6.07) is 12.7. The number of benzene rings is 2. The molecule has 0 bridgehead atoms. The zero-order chi connectivity index (χ0) is 37.1. The van der Waals surface area contributed by atoms with Gasteiger partial charge in [0.25, 0.3) is 0 Å². The Bertz CT molecular complexity index is 1470. The van der Waals surface area contributed by atoms with Crippen molar-refractivity contribution < 1.29 is 23.9 Å². The number of aliphatic imine (C=N–C) groups is 2. The van der Waals surface area contributed by atoms with Gasteiger partial charge in [0.1, 0.15) is 30.6 Å². The number of rotatable bonds is 20. The van der Waals surface area contributed by atoms with Gasteiger partial charge >= 0.3 is 6.09 Å². The van der Waals surface area contributed by atoms with Crippen LogP contribution in [-0.4, -0.2) is 72.8 Å². The van der Waals surface area contributed by atoms with Crippen LogP contribution >= 0.6 is 0 Å². The number of nitrogen functional groups attached to an aromatic ring is 1. The second kappa shape index (κ2) is 21.2. The Kier molecular flexibility index (Phi) is 17.1. The van der Waals surface area contributed by atoms with E-state index < -0.39 is 47.9 Å². The number of ether oxygens (including phenoxy) is 1. The highest BCUT2D eigenvalue weighted by Gasteiger charge is 2.31. The highest BCUT2D eigenvalue weighted by atomic mass is 16.5. The van der Waals surface area contributed by atoms with E-state index in [2.05, 4.69) is 31.3 Å². The van der Waals surface area contributed by atoms with Gasteiger partial charge in [-0.05, 0) is 42.7 Å². The lowest BCUT2D eigenvalue weighted by molar-refractivity contribution is -0.133. The molecule has 272 valence electrons. The lowest BCUT2D eigenvalue weighted by atomic mass is 10.0. The first-order valence-corrected chi connectivity index (χ1v) is 16.2. The van der Waals surface area contributed by atoms with Gasteiger partial charge in [-0.15, -0.1) is 0 Å². The Labute approximate surface area is 291 Å². The van der Waals surface area contributed by atoms with Crippen molar-refractivity contribution in [2.75, 3.05) is 13.1 Å². The van der Waals surface area contributed by atoms with Crippen molar-refractivity contribution in [3.05, 3.63) is 71.3 Å². The van der Waals surface area contributed by atoms with Crippen molar-refractivity contribution in [2.45, 2.75) is 70.8 Å². The topological polar surface area (TPSA) is 304 Å². The average Bonchev–Trinajstić information content (AvgIpc) is 3.07. The van der Waals surface area contributed by atoms with E-state index in [9.17, 15) is 19.2 Å². The molecule has 0 aliphatic rings. The van der Waals surface area contributed by atoms with Gasteiger partial charge in [0.05, 0.1) is 0 Å². The molecule has 17 nitrogen and oxygen atoms in total. The molecule has 0 unspecified atom stereocenters. The number of carbonyl (C=O) groups excluding carboxylic acids is 4. The predicted octanol–water partition coefficient (Wildman–Crippen LogP) is -0.385. The largest absolute Gasteiger partial charge is 0.445 e. The first kappa shape index (κ1) is 40.3. The second-order valence-electron chi connectivity index (χ2n) is 11.8. The molecule has 2 aromatic rings. The van der Waals surface area contributed by atoms with E-state index in [4.69, 9.17) is 38.8 Å². The van der Waals surface area contributed by atoms with Gasteiger partial charge in [-0.3, -0.25) is 29.8 Å². The minimum absolute atomic E-state index is 0.0115. The number of hydrogen-bond acceptors (Lipinski definition) is 8. The molecule has 2 rings (SSSR count). The zero-order valence-corrected chi connectivity index (χ0v) is 28.5. The number of nitrogens with one attached hydrogen (secondary N) is 5. The maximum absolute atomic E-state index is 13.6. The monoisotopic (exact) mass is 694 g/mol. The van der Waals surface area contributed by atoms with E-state index >= 15 is 0 Å². The van der Waals surface area contributed by atoms with Crippen LogP contribution in [0.15, 0.2) is 64.6 Å². The molecule has 0 saturated heterocycles. The van der Waals surface area contributed by atoms with Crippen LogP contribution in [0.1, 0.15) is 56.2 Å². The third kappa shape index (κ3) is 15.4. The van der Waals surface area contributed by atoms with Crippen molar-refractivity contribution in [3.63, 3.8) is 0 Å². The molecule has 0 heterocycles. The standard InChI is InChI=1S/C33H50N12O5/c1-20(2)26(45-29(47)25(11-7-17-41-32(38)39)44-33(49)50-19-22-8-4-3-5-9-22)30(48)43-24(10-6-16-40-31(36)37)28(46)42-18-21-12-14-23(15-13-21)27(34)35/h3-5,8-9,12-15,20,24-26H,6-7,10-11,16-19H2,1-2H3,(H3,34,35)(H,42,46)(H,43,48)(H,44,49)(H,45,47)(H4,36,37,40)(H4,38,39,41)/t24-,25-,26-/m0/s1. The Balaban J connectivity index is 2.15. The molecule has 4 amide bonds. The fourth-order valence-electron chi connectivity index (χ4n) is 4.62. The molecule has 2 aromatic carbocycles. The second-order valence-corrected chi connectivity index (χ2v) is 11.8. The summed E-state index contributed by atoms with van der Waals surface area (Å²) >= 11 is 0. The maximum Gasteiger partial charge on any atom is 0.408 e. The van der Waals surface area contributed by atoms with Crippen LogP contribution in [0.5, 0.6) is 0 Å². The molecule has 15 N–H and O–H groups in total. The fraction of sp³-hybridized carbons (Fsp3) is 0.424. The summed E-state index contributed by atoms with van der Waals surface area (Å²) in [4.78, 5) is 61.0. The average molecular weight is 695 g/mol. The van der Waals surface area contributed by atoms with Gasteiger partial charge in [0.2, 0.25) is 17.7 Å². The highest BCUT2D eigenvalue weighted by Crippen LogP contribution is 2.09. The normalized spacial score (nSPS) is 12.4. The minimum atomic E-state index is -1.09. The summed E-state index contributed by atoms with van der Waals surface area (Å²) in [6.45, 7) is 4.04. The molecule has 50 heavy (non-hydrogen) atoms. The summed E-state index contributed by atoms with van der Waals surface area (Å²) in [5, 5.41) is 18.4. The number of hydrogen-bond donors (Lipinski definition) is 10. The fourth-order valence-corrected chi connectivity index (χ4v) is 4.62. The third-order valence-corrected chi connectivity index (χ3v) is 7.32. The van der Waals surface area contributed by atoms with Crippen molar-refractivity contribution in [3.8, 4) is 0 Å². The van der Waals surface area contributed by atoms with Gasteiger partial charge < -0.3 is 54.7 Å². The Hall–Kier alpha value is -5.87. The molecule has 0 aromatic heterocycles. The number of guanidine groups is 2. The number of nitrogens with two attached hydrogens (primary N) is 5. The molecule has 3 atom stereocenters. The first-order chi connectivity index (χ1) is 23.8. The van der Waals surface area contributed by atoms with Crippen molar-refractivity contribution in [1.82, 2.24) is 21.3 Å². The molecule has 0 radical (unpaired) electrons. The van der Waals surface area contributed by atoms with E-state index in [0.717, 1.165) is 11.1 Å². The quantitative estimate of drug-likeness (QED) is 0.0486. The molecular weight excluding hydrogens is 644 g/mol. The van der Waals surface area contributed by atoms with Gasteiger partial charge in [0.15, 0.2) is 11.9 Å². The third-order valence-electron chi connectivity index (χ3n) is 7.32. The highest BCUT2D eigenvalue weighted by molar-refractivity contribution is 5.95. The first-order valence-electron chi connectivity index (χ1n) is 16.2. The molecule has 0 aliphatic heterocycles. The number of carbonyl (C=O) groups is 4. The molecular formula is C33H50N12O5. The maximum atomic E-state index is 13.6. The lowest BCUT2D eigenvalue weighted by Gasteiger charge is -2.27. The van der Waals surface area contributed by atoms with Gasteiger partial charge in [-0.1, -0.05) is 68.4 Å². The Morgan fingerprint density at radius 3 is 1.80 bits per heavy atom. The molecule has 0 saturated carbocycles. The van der Waals surface area contributed by atoms with Crippen LogP contribution in [0.2, 0.25) is 0 Å². The molecule has 0 aliphatic carbocycles. The van der Waals surface area contributed by atoms with E-state index in [-0.39, 0.29) is 56.8 Å². The Morgan fingerprint density at radius 2 is 1.28 bits per heavy atom. The van der Waals surface area contributed by atoms with E-state index in [1.807, 2.05) is 6.07 Å². The summed E-state index contributed by atoms with van der Waals surface area (Å²) in [7, 11) is 0. The lowest BCUT2D eigenvalue weighted by Crippen LogP contribution is -2.58. The smallest absolute Gasteiger partial charge is 0.408 e. The number of amides is 4. The minimum Gasteiger partial charge on any atom is -0.445 e. The number of nitrogens with zero attached hydrogens (tertiary/aromatic N) is 2. The summed E-state index contributed by atoms with van der Waals surface area (Å²) in [5.74, 6) is -2.40. The SMILES string of the molecule is CC(C)[C@H](NC(=O)[C@H](CCCN=C(N)N)NC(=O)OCc1ccccc1)C(=O)N[C@@H](CCCN=C(N)N)C(=O)NCc1ccc(C(=N)N)cc1. The van der Waals surface area contributed by atoms with E-state index in [0.29, 0.717) is 18.4 Å². The number of amidine groups is 1. The number of alkyl carbamates (subject to hydrolysis) is 1. The van der Waals surface area contributed by atoms with Gasteiger partial charge in [-0.2, -0.15) is 0 Å². The van der Waals surface area contributed by atoms with Gasteiger partial charge in [0, 0.05) is 25.2 Å². The zero-order valence-electron chi connectivity index (χ0n) is 28.5. The summed E-state index contributed by atoms with van der Waals surface area (Å²) < 4.78 is 5.30. The predicted molar refractivity (Wildman–Crippen MR) is 191 cm³/mol. The van der Waals surface area contributed by atoms with Crippen LogP contribution in [0.25, 0.3) is 0 Å². The van der Waals surface area contributed by atoms with Crippen molar-refractivity contribution >= 4 is 41.6 Å². The van der Waals surface area contributed by atoms with E-state index in [1.165, 1.54) is 0 Å². The van der Waals surface area contributed by atoms with Crippen LogP contribution in [-0.2, 0) is 32.3 Å². The summed E-state index contributed by atoms with van der Waals surface area (Å²) in [5.41, 5.74) is 29.2. The molecule has 0 fully saturated rings. The van der Waals surface area contributed by atoms with Crippen LogP contribution in [0.3, 0.4) is 0 Å². The Morgan fingerprint density at radius 1 is 0.720 bits per heavy atom. The molecule has 0 spiro atoms.